The molecule has 0 amide bonds. The summed E-state index contributed by atoms with van der Waals surface area (Å²) in [6.45, 7) is 2.51. The monoisotopic (exact) mass is 282 g/mol. The Bertz CT molecular complexity index is 292. The molecule has 1 atom stereocenters. The predicted octanol–water partition coefficient (Wildman–Crippen LogP) is 2.59. The maximum atomic E-state index is 12.4. The normalized spacial score (nSPS) is 15.9. The van der Waals surface area contributed by atoms with Gasteiger partial charge in [0.25, 0.3) is 5.60 Å². The van der Waals surface area contributed by atoms with Gasteiger partial charge in [-0.2, -0.15) is 26.3 Å². The van der Waals surface area contributed by atoms with Crippen molar-refractivity contribution in [2.24, 2.45) is 11.8 Å². The van der Waals surface area contributed by atoms with Crippen LogP contribution in [-0.4, -0.2) is 34.1 Å². The van der Waals surface area contributed by atoms with Crippen molar-refractivity contribution in [1.29, 1.82) is 0 Å². The van der Waals surface area contributed by atoms with E-state index >= 15 is 0 Å². The molecule has 0 heterocycles. The van der Waals surface area contributed by atoms with Crippen molar-refractivity contribution in [2.75, 3.05) is 0 Å². The van der Waals surface area contributed by atoms with Crippen molar-refractivity contribution in [3.05, 3.63) is 0 Å². The number of aliphatic carboxylic acids is 1. The zero-order valence-corrected chi connectivity index (χ0v) is 9.43. The van der Waals surface area contributed by atoms with Crippen LogP contribution in [0.2, 0.25) is 0 Å². The van der Waals surface area contributed by atoms with Crippen molar-refractivity contribution in [2.45, 2.75) is 38.2 Å². The van der Waals surface area contributed by atoms with E-state index in [1.54, 1.807) is 0 Å². The highest BCUT2D eigenvalue weighted by Crippen LogP contribution is 2.49. The third-order valence-corrected chi connectivity index (χ3v) is 2.37. The number of carbonyl (C=O) groups is 1. The molecule has 0 saturated heterocycles. The molecule has 0 rings (SSSR count). The Morgan fingerprint density at radius 3 is 1.56 bits per heavy atom. The molecule has 0 aromatic heterocycles. The Morgan fingerprint density at radius 2 is 1.39 bits per heavy atom. The minimum absolute atomic E-state index is 0.762. The molecule has 108 valence electrons. The van der Waals surface area contributed by atoms with Crippen LogP contribution in [0.5, 0.6) is 0 Å². The van der Waals surface area contributed by atoms with Crippen LogP contribution in [-0.2, 0) is 4.79 Å². The number of carboxylic acids is 1. The van der Waals surface area contributed by atoms with Gasteiger partial charge in [-0.25, -0.2) is 0 Å². The zero-order valence-electron chi connectivity index (χ0n) is 9.43. The molecule has 0 bridgehead atoms. The summed E-state index contributed by atoms with van der Waals surface area (Å²) in [6, 6.07) is 0. The van der Waals surface area contributed by atoms with Crippen LogP contribution in [0.25, 0.3) is 0 Å². The van der Waals surface area contributed by atoms with Gasteiger partial charge in [0.2, 0.25) is 0 Å². The number of aliphatic hydroxyl groups is 1. The molecule has 0 aromatic carbocycles. The van der Waals surface area contributed by atoms with E-state index in [0.29, 0.717) is 0 Å². The number of alkyl halides is 6. The lowest BCUT2D eigenvalue weighted by Crippen LogP contribution is -2.63. The average molecular weight is 282 g/mol. The van der Waals surface area contributed by atoms with Crippen LogP contribution in [0, 0.1) is 11.8 Å². The Balaban J connectivity index is 5.76. The first-order valence-electron chi connectivity index (χ1n) is 4.83. The maximum Gasteiger partial charge on any atom is 0.427 e. The summed E-state index contributed by atoms with van der Waals surface area (Å²) in [6.07, 6.45) is -13.2. The van der Waals surface area contributed by atoms with Gasteiger partial charge in [0.15, 0.2) is 0 Å². The Kier molecular flexibility index (Phi) is 4.67. The molecule has 3 nitrogen and oxygen atoms in total. The van der Waals surface area contributed by atoms with Crippen LogP contribution in [0.3, 0.4) is 0 Å². The largest absolute Gasteiger partial charge is 0.481 e. The highest BCUT2D eigenvalue weighted by Gasteiger charge is 2.75. The van der Waals surface area contributed by atoms with E-state index in [1.165, 1.54) is 13.8 Å². The molecule has 0 aliphatic carbocycles. The van der Waals surface area contributed by atoms with Gasteiger partial charge in [0, 0.05) is 0 Å². The first-order chi connectivity index (χ1) is 7.75. The highest BCUT2D eigenvalue weighted by atomic mass is 19.4. The average Bonchev–Trinajstić information content (AvgIpc) is 2.08. The second kappa shape index (κ2) is 4.94. The first kappa shape index (κ1) is 17.0. The van der Waals surface area contributed by atoms with Gasteiger partial charge in [-0.15, -0.1) is 0 Å². The van der Waals surface area contributed by atoms with E-state index in [-0.39, 0.29) is 0 Å². The fourth-order valence-corrected chi connectivity index (χ4v) is 1.48. The molecule has 0 aliphatic rings. The maximum absolute atomic E-state index is 12.4. The standard InChI is InChI=1S/C9H12F6O3/c1-4(2)3-5(6(16)17)7(18,8(10,11)12)9(13,14)15/h4-5,18H,3H2,1-2H3,(H,16,17). The number of rotatable bonds is 4. The lowest BCUT2D eigenvalue weighted by atomic mass is 9.80. The van der Waals surface area contributed by atoms with Crippen LogP contribution >= 0.6 is 0 Å². The number of carboxylic acid groups (broad SMARTS) is 1. The Morgan fingerprint density at radius 1 is 1.06 bits per heavy atom. The van der Waals surface area contributed by atoms with Crippen molar-refractivity contribution >= 4 is 5.97 Å². The van der Waals surface area contributed by atoms with Gasteiger partial charge in [-0.1, -0.05) is 13.8 Å². The molecule has 1 unspecified atom stereocenters. The summed E-state index contributed by atoms with van der Waals surface area (Å²) in [7, 11) is 0. The van der Waals surface area contributed by atoms with Crippen LogP contribution in [0.1, 0.15) is 20.3 Å². The summed E-state index contributed by atoms with van der Waals surface area (Å²) in [5.41, 5.74) is -5.25. The third-order valence-electron chi connectivity index (χ3n) is 2.37. The lowest BCUT2D eigenvalue weighted by Gasteiger charge is -2.37. The van der Waals surface area contributed by atoms with Crippen LogP contribution < -0.4 is 0 Å². The quantitative estimate of drug-likeness (QED) is 0.779. The molecule has 0 aromatic rings. The number of hydrogen-bond donors (Lipinski definition) is 2. The van der Waals surface area contributed by atoms with E-state index < -0.39 is 42.2 Å². The summed E-state index contributed by atoms with van der Waals surface area (Å²) in [5, 5.41) is 17.5. The van der Waals surface area contributed by atoms with Crippen molar-refractivity contribution in [3.8, 4) is 0 Å². The smallest absolute Gasteiger partial charge is 0.427 e. The molecule has 18 heavy (non-hydrogen) atoms. The SMILES string of the molecule is CC(C)CC(C(=O)O)C(O)(C(F)(F)F)C(F)(F)F. The zero-order chi connectivity index (χ0) is 14.9. The number of halogens is 6. The van der Waals surface area contributed by atoms with Gasteiger partial charge in [0.1, 0.15) is 5.92 Å². The molecular weight excluding hydrogens is 270 g/mol. The van der Waals surface area contributed by atoms with E-state index in [1.807, 2.05) is 0 Å². The highest BCUT2D eigenvalue weighted by molar-refractivity contribution is 5.72. The van der Waals surface area contributed by atoms with Gasteiger partial charge >= 0.3 is 18.3 Å². The minimum Gasteiger partial charge on any atom is -0.481 e. The van der Waals surface area contributed by atoms with Crippen molar-refractivity contribution in [3.63, 3.8) is 0 Å². The summed E-state index contributed by atoms with van der Waals surface area (Å²) >= 11 is 0. The van der Waals surface area contributed by atoms with Gasteiger partial charge < -0.3 is 10.2 Å². The molecular formula is C9H12F6O3. The second-order valence-corrected chi connectivity index (χ2v) is 4.28. The first-order valence-corrected chi connectivity index (χ1v) is 4.83. The van der Waals surface area contributed by atoms with Crippen LogP contribution in [0.15, 0.2) is 0 Å². The lowest BCUT2D eigenvalue weighted by molar-refractivity contribution is -0.383. The molecule has 0 spiro atoms. The topological polar surface area (TPSA) is 57.5 Å². The Labute approximate surface area is 98.4 Å². The molecule has 0 fully saturated rings. The van der Waals surface area contributed by atoms with E-state index in [2.05, 4.69) is 0 Å². The van der Waals surface area contributed by atoms with Gasteiger partial charge in [-0.3, -0.25) is 4.79 Å². The van der Waals surface area contributed by atoms with Gasteiger partial charge in [-0.05, 0) is 12.3 Å². The molecule has 0 radical (unpaired) electrons. The van der Waals surface area contributed by atoms with E-state index in [9.17, 15) is 31.1 Å². The summed E-state index contributed by atoms with van der Waals surface area (Å²) in [5.74, 6) is -6.11. The van der Waals surface area contributed by atoms with Crippen molar-refractivity contribution < 1.29 is 41.4 Å². The van der Waals surface area contributed by atoms with E-state index in [4.69, 9.17) is 10.2 Å². The fraction of sp³-hybridized carbons (Fsp3) is 0.889. The molecule has 0 aliphatic heterocycles. The van der Waals surface area contributed by atoms with Crippen molar-refractivity contribution in [1.82, 2.24) is 0 Å². The third kappa shape index (κ3) is 3.06. The number of hydrogen-bond acceptors (Lipinski definition) is 2. The molecule has 2 N–H and O–H groups in total. The van der Waals surface area contributed by atoms with E-state index in [0.717, 1.165) is 0 Å². The summed E-state index contributed by atoms with van der Waals surface area (Å²) < 4.78 is 74.6. The fourth-order valence-electron chi connectivity index (χ4n) is 1.48. The Hall–Kier alpha value is -0.990. The van der Waals surface area contributed by atoms with Gasteiger partial charge in [0.05, 0.1) is 0 Å². The van der Waals surface area contributed by atoms with Crippen LogP contribution in [0.4, 0.5) is 26.3 Å². The second-order valence-electron chi connectivity index (χ2n) is 4.28. The molecule has 9 heteroatoms. The summed E-state index contributed by atoms with van der Waals surface area (Å²) in [4.78, 5) is 10.6. The minimum atomic E-state index is -6.12. The molecule has 0 saturated carbocycles. The predicted molar refractivity (Wildman–Crippen MR) is 47.6 cm³/mol.